The topological polar surface area (TPSA) is 72.8 Å². The predicted octanol–water partition coefficient (Wildman–Crippen LogP) is 2.50. The maximum atomic E-state index is 11.7. The fourth-order valence-electron chi connectivity index (χ4n) is 1.41. The first-order chi connectivity index (χ1) is 9.14. The summed E-state index contributed by atoms with van der Waals surface area (Å²) in [7, 11) is -2.61. The van der Waals surface area contributed by atoms with Gasteiger partial charge < -0.3 is 14.2 Å². The van der Waals surface area contributed by atoms with Crippen molar-refractivity contribution < 1.29 is 23.5 Å². The van der Waals surface area contributed by atoms with E-state index in [9.17, 15) is 14.3 Å². The minimum absolute atomic E-state index is 0.173. The fraction of sp³-hybridized carbons (Fsp3) is 0.357. The molecule has 6 heteroatoms. The number of hydrogen-bond donors (Lipinski definition) is 1. The summed E-state index contributed by atoms with van der Waals surface area (Å²) in [4.78, 5) is 21.1. The molecule has 0 amide bonds. The van der Waals surface area contributed by atoms with Crippen LogP contribution in [0.2, 0.25) is 0 Å². The Bertz CT molecular complexity index is 557. The quantitative estimate of drug-likeness (QED) is 0.525. The molecule has 0 aliphatic rings. The van der Waals surface area contributed by atoms with Crippen molar-refractivity contribution in [2.24, 2.45) is 0 Å². The highest BCUT2D eigenvalue weighted by Crippen LogP contribution is 2.39. The van der Waals surface area contributed by atoms with Gasteiger partial charge >= 0.3 is 13.6 Å². The predicted molar refractivity (Wildman–Crippen MR) is 77.8 cm³/mol. The van der Waals surface area contributed by atoms with E-state index in [1.807, 2.05) is 0 Å². The summed E-state index contributed by atoms with van der Waals surface area (Å²) in [5.41, 5.74) is 0.0554. The lowest BCUT2D eigenvalue weighted by atomic mass is 10.2. The molecule has 0 heterocycles. The molecule has 1 unspecified atom stereocenters. The molecular weight excluding hydrogens is 279 g/mol. The monoisotopic (exact) mass is 298 g/mol. The standard InChI is InChI=1S/C14H19O5P/c1-14(2,3)19-13(15)9-8-11-6-5-7-12(10-11)20(16,17)18-4/h5-10H,1-4H3,(H,16,17)/b9-8+. The van der Waals surface area contributed by atoms with E-state index in [1.165, 1.54) is 31.4 Å². The van der Waals surface area contributed by atoms with Crippen molar-refractivity contribution >= 4 is 24.9 Å². The summed E-state index contributed by atoms with van der Waals surface area (Å²) in [6.45, 7) is 5.33. The highest BCUT2D eigenvalue weighted by molar-refractivity contribution is 7.61. The van der Waals surface area contributed by atoms with Crippen molar-refractivity contribution in [1.82, 2.24) is 0 Å². The molecule has 0 aliphatic carbocycles. The normalized spacial score (nSPS) is 15.1. The van der Waals surface area contributed by atoms with Gasteiger partial charge in [-0.1, -0.05) is 12.1 Å². The zero-order chi connectivity index (χ0) is 15.4. The molecule has 110 valence electrons. The zero-order valence-corrected chi connectivity index (χ0v) is 12.9. The van der Waals surface area contributed by atoms with Crippen molar-refractivity contribution in [2.75, 3.05) is 7.11 Å². The second-order valence-electron chi connectivity index (χ2n) is 5.16. The zero-order valence-electron chi connectivity index (χ0n) is 12.0. The number of rotatable bonds is 4. The van der Waals surface area contributed by atoms with E-state index < -0.39 is 19.2 Å². The van der Waals surface area contributed by atoms with Gasteiger partial charge in [-0.25, -0.2) is 4.79 Å². The van der Waals surface area contributed by atoms with Gasteiger partial charge in [0.1, 0.15) is 5.60 Å². The Hall–Kier alpha value is -1.42. The van der Waals surface area contributed by atoms with Gasteiger partial charge in [0.15, 0.2) is 0 Å². The summed E-state index contributed by atoms with van der Waals surface area (Å²) < 4.78 is 21.4. The third kappa shape index (κ3) is 5.29. The summed E-state index contributed by atoms with van der Waals surface area (Å²) in [5, 5.41) is 0.173. The molecule has 20 heavy (non-hydrogen) atoms. The molecule has 1 aromatic rings. The van der Waals surface area contributed by atoms with Crippen LogP contribution in [-0.2, 0) is 18.6 Å². The first kappa shape index (κ1) is 16.6. The number of carbonyl (C=O) groups excluding carboxylic acids is 1. The van der Waals surface area contributed by atoms with Crippen LogP contribution in [0.4, 0.5) is 0 Å². The van der Waals surface area contributed by atoms with Crippen molar-refractivity contribution in [1.29, 1.82) is 0 Å². The third-order valence-corrected chi connectivity index (χ3v) is 3.69. The van der Waals surface area contributed by atoms with Gasteiger partial charge in [-0.3, -0.25) is 4.57 Å². The Kier molecular flexibility index (Phi) is 5.28. The van der Waals surface area contributed by atoms with Crippen molar-refractivity contribution in [3.05, 3.63) is 35.9 Å². The Labute approximate surface area is 118 Å². The molecule has 1 atom stereocenters. The van der Waals surface area contributed by atoms with E-state index in [0.29, 0.717) is 5.56 Å². The largest absolute Gasteiger partial charge is 0.457 e. The minimum Gasteiger partial charge on any atom is -0.457 e. The van der Waals surface area contributed by atoms with Crippen LogP contribution in [0.5, 0.6) is 0 Å². The van der Waals surface area contributed by atoms with Crippen LogP contribution in [0.1, 0.15) is 26.3 Å². The molecule has 0 saturated carbocycles. The van der Waals surface area contributed by atoms with Crippen molar-refractivity contribution in [3.63, 3.8) is 0 Å². The van der Waals surface area contributed by atoms with Crippen LogP contribution in [0.3, 0.4) is 0 Å². The number of hydrogen-bond acceptors (Lipinski definition) is 4. The smallest absolute Gasteiger partial charge is 0.358 e. The summed E-state index contributed by atoms with van der Waals surface area (Å²) in [6, 6.07) is 6.31. The molecule has 1 aromatic carbocycles. The molecule has 0 fully saturated rings. The highest BCUT2D eigenvalue weighted by atomic mass is 31.2. The van der Waals surface area contributed by atoms with Gasteiger partial charge in [-0.15, -0.1) is 0 Å². The van der Waals surface area contributed by atoms with Gasteiger partial charge in [0.25, 0.3) is 0 Å². The van der Waals surface area contributed by atoms with Crippen LogP contribution in [0.15, 0.2) is 30.3 Å². The molecule has 0 aromatic heterocycles. The Morgan fingerprint density at radius 1 is 1.35 bits per heavy atom. The van der Waals surface area contributed by atoms with E-state index in [0.717, 1.165) is 0 Å². The van der Waals surface area contributed by atoms with Gasteiger partial charge in [0.2, 0.25) is 0 Å². The second-order valence-corrected chi connectivity index (χ2v) is 7.09. The first-order valence-corrected chi connectivity index (χ1v) is 7.62. The number of carbonyl (C=O) groups is 1. The minimum atomic E-state index is -3.78. The average molecular weight is 298 g/mol. The highest BCUT2D eigenvalue weighted by Gasteiger charge is 2.20. The van der Waals surface area contributed by atoms with Crippen LogP contribution < -0.4 is 5.30 Å². The lowest BCUT2D eigenvalue weighted by molar-refractivity contribution is -0.148. The van der Waals surface area contributed by atoms with Crippen LogP contribution in [-0.4, -0.2) is 23.6 Å². The summed E-state index contributed by atoms with van der Waals surface area (Å²) >= 11 is 0. The number of benzene rings is 1. The Balaban J connectivity index is 2.87. The number of esters is 1. The van der Waals surface area contributed by atoms with Crippen LogP contribution in [0, 0.1) is 0 Å². The summed E-state index contributed by atoms with van der Waals surface area (Å²) in [6.07, 6.45) is 2.80. The second kappa shape index (κ2) is 6.35. The van der Waals surface area contributed by atoms with Crippen LogP contribution >= 0.6 is 7.60 Å². The molecule has 1 N–H and O–H groups in total. The number of ether oxygens (including phenoxy) is 1. The van der Waals surface area contributed by atoms with Gasteiger partial charge in [-0.05, 0) is 44.5 Å². The van der Waals surface area contributed by atoms with Gasteiger partial charge in [0.05, 0.1) is 5.30 Å². The molecule has 1 rings (SSSR count). The maximum Gasteiger partial charge on any atom is 0.358 e. The molecule has 0 aliphatic heterocycles. The lowest BCUT2D eigenvalue weighted by Gasteiger charge is -2.17. The van der Waals surface area contributed by atoms with Gasteiger partial charge in [-0.2, -0.15) is 0 Å². The first-order valence-electron chi connectivity index (χ1n) is 6.04. The Morgan fingerprint density at radius 3 is 2.55 bits per heavy atom. The lowest BCUT2D eigenvalue weighted by Crippen LogP contribution is -2.22. The molecular formula is C14H19O5P. The molecule has 0 bridgehead atoms. The van der Waals surface area contributed by atoms with Crippen molar-refractivity contribution in [2.45, 2.75) is 26.4 Å². The van der Waals surface area contributed by atoms with Gasteiger partial charge in [0, 0.05) is 13.2 Å². The van der Waals surface area contributed by atoms with Crippen molar-refractivity contribution in [3.8, 4) is 0 Å². The van der Waals surface area contributed by atoms with E-state index in [4.69, 9.17) is 4.74 Å². The van der Waals surface area contributed by atoms with E-state index in [2.05, 4.69) is 4.52 Å². The maximum absolute atomic E-state index is 11.7. The van der Waals surface area contributed by atoms with E-state index in [-0.39, 0.29) is 5.30 Å². The average Bonchev–Trinajstić information content (AvgIpc) is 2.35. The fourth-order valence-corrected chi connectivity index (χ4v) is 2.21. The van der Waals surface area contributed by atoms with E-state index in [1.54, 1.807) is 32.9 Å². The Morgan fingerprint density at radius 2 is 2.00 bits per heavy atom. The molecule has 0 saturated heterocycles. The van der Waals surface area contributed by atoms with Crippen LogP contribution in [0.25, 0.3) is 6.08 Å². The SMILES string of the molecule is COP(=O)(O)c1cccc(/C=C/C(=O)OC(C)(C)C)c1. The summed E-state index contributed by atoms with van der Waals surface area (Å²) in [5.74, 6) is -0.471. The molecule has 0 radical (unpaired) electrons. The molecule has 5 nitrogen and oxygen atoms in total. The van der Waals surface area contributed by atoms with E-state index >= 15 is 0 Å². The molecule has 0 spiro atoms. The third-order valence-electron chi connectivity index (χ3n) is 2.26.